The second kappa shape index (κ2) is 6.37. The van der Waals surface area contributed by atoms with E-state index in [-0.39, 0.29) is 5.54 Å². The second-order valence-electron chi connectivity index (χ2n) is 6.95. The summed E-state index contributed by atoms with van der Waals surface area (Å²) in [5, 5.41) is 15.7. The number of benzene rings is 2. The van der Waals surface area contributed by atoms with E-state index in [0.29, 0.717) is 0 Å². The molecule has 3 nitrogen and oxygen atoms in total. The van der Waals surface area contributed by atoms with Gasteiger partial charge in [0.2, 0.25) is 0 Å². The summed E-state index contributed by atoms with van der Waals surface area (Å²) in [6.07, 6.45) is 2.81. The summed E-state index contributed by atoms with van der Waals surface area (Å²) in [5.41, 5.74) is 3.42. The van der Waals surface area contributed by atoms with Crippen LogP contribution in [0.2, 0.25) is 0 Å². The monoisotopic (exact) mass is 347 g/mol. The third-order valence-corrected chi connectivity index (χ3v) is 5.32. The molecule has 0 spiro atoms. The Labute approximate surface area is 151 Å². The summed E-state index contributed by atoms with van der Waals surface area (Å²) in [6, 6.07) is 19.3. The number of nitrogens with one attached hydrogen (secondary N) is 2. The lowest BCUT2D eigenvalue weighted by atomic mass is 9.91. The number of aromatic amines is 1. The minimum atomic E-state index is -0.0732. The zero-order chi connectivity index (χ0) is 17.3. The molecule has 0 saturated carbocycles. The van der Waals surface area contributed by atoms with Crippen molar-refractivity contribution in [2.75, 3.05) is 5.32 Å². The Balaban J connectivity index is 1.61. The fraction of sp³-hybridized carbons (Fsp3) is 0.190. The molecule has 2 N–H and O–H groups in total. The Morgan fingerprint density at radius 2 is 1.88 bits per heavy atom. The van der Waals surface area contributed by atoms with Gasteiger partial charge in [-0.3, -0.25) is 5.10 Å². The first-order valence-electron chi connectivity index (χ1n) is 8.45. The summed E-state index contributed by atoms with van der Waals surface area (Å²) in [5.74, 6) is 0. The van der Waals surface area contributed by atoms with Crippen molar-refractivity contribution in [3.8, 4) is 10.6 Å². The molecule has 0 aliphatic carbocycles. The number of nitrogens with zero attached hydrogens (tertiary/aromatic N) is 1. The van der Waals surface area contributed by atoms with E-state index in [4.69, 9.17) is 0 Å². The molecule has 25 heavy (non-hydrogen) atoms. The van der Waals surface area contributed by atoms with E-state index >= 15 is 0 Å². The van der Waals surface area contributed by atoms with Gasteiger partial charge in [0, 0.05) is 11.7 Å². The molecule has 0 aliphatic rings. The second-order valence-corrected chi connectivity index (χ2v) is 7.86. The smallest absolute Gasteiger partial charge is 0.104 e. The molecule has 0 bridgehead atoms. The normalized spacial score (nSPS) is 11.8. The molecule has 0 saturated heterocycles. The van der Waals surface area contributed by atoms with Crippen molar-refractivity contribution in [2.24, 2.45) is 0 Å². The molecular formula is C21H21N3S. The van der Waals surface area contributed by atoms with Crippen LogP contribution in [0.5, 0.6) is 0 Å². The summed E-state index contributed by atoms with van der Waals surface area (Å²) in [6.45, 7) is 4.50. The molecule has 0 unspecified atom stereocenters. The lowest BCUT2D eigenvalue weighted by Gasteiger charge is -2.28. The minimum Gasteiger partial charge on any atom is -0.379 e. The lowest BCUT2D eigenvalue weighted by molar-refractivity contribution is 0.567. The molecule has 2 heterocycles. The van der Waals surface area contributed by atoms with Crippen LogP contribution in [0, 0.1) is 0 Å². The molecule has 2 aromatic heterocycles. The predicted octanol–water partition coefficient (Wildman–Crippen LogP) is 5.72. The maximum Gasteiger partial charge on any atom is 0.104 e. The molecule has 0 atom stereocenters. The van der Waals surface area contributed by atoms with Crippen molar-refractivity contribution in [1.82, 2.24) is 10.2 Å². The summed E-state index contributed by atoms with van der Waals surface area (Å²) in [7, 11) is 0. The summed E-state index contributed by atoms with van der Waals surface area (Å²) >= 11 is 1.71. The van der Waals surface area contributed by atoms with Gasteiger partial charge in [0.25, 0.3) is 0 Å². The van der Waals surface area contributed by atoms with E-state index in [9.17, 15) is 0 Å². The van der Waals surface area contributed by atoms with E-state index in [1.807, 2.05) is 12.3 Å². The standard InChI is InChI=1S/C21H21N3S/c1-21(2,14-16-8-5-7-15-6-3-4-9-17(15)16)23-18-11-13-25-20(18)19-10-12-22-24-19/h3-13,23H,14H2,1-2H3,(H,22,24). The van der Waals surface area contributed by atoms with Crippen LogP contribution in [0.25, 0.3) is 21.3 Å². The van der Waals surface area contributed by atoms with Crippen LogP contribution in [0.1, 0.15) is 19.4 Å². The van der Waals surface area contributed by atoms with Crippen LogP contribution in [0.4, 0.5) is 5.69 Å². The predicted molar refractivity (Wildman–Crippen MR) is 107 cm³/mol. The molecule has 0 amide bonds. The zero-order valence-electron chi connectivity index (χ0n) is 14.4. The number of anilines is 1. The van der Waals surface area contributed by atoms with E-state index in [0.717, 1.165) is 17.8 Å². The first-order chi connectivity index (χ1) is 12.1. The van der Waals surface area contributed by atoms with Gasteiger partial charge >= 0.3 is 0 Å². The van der Waals surface area contributed by atoms with Crippen LogP contribution >= 0.6 is 11.3 Å². The number of rotatable bonds is 5. The van der Waals surface area contributed by atoms with E-state index < -0.39 is 0 Å². The molecule has 4 heteroatoms. The van der Waals surface area contributed by atoms with Crippen molar-refractivity contribution in [2.45, 2.75) is 25.8 Å². The van der Waals surface area contributed by atoms with Crippen LogP contribution in [0.3, 0.4) is 0 Å². The third-order valence-electron chi connectivity index (χ3n) is 4.38. The Hall–Kier alpha value is -2.59. The van der Waals surface area contributed by atoms with E-state index in [1.165, 1.54) is 21.2 Å². The van der Waals surface area contributed by atoms with Gasteiger partial charge in [-0.2, -0.15) is 5.10 Å². The maximum absolute atomic E-state index is 4.32. The fourth-order valence-electron chi connectivity index (χ4n) is 3.32. The molecule has 2 aromatic carbocycles. The zero-order valence-corrected chi connectivity index (χ0v) is 15.2. The van der Waals surface area contributed by atoms with Crippen LogP contribution in [-0.4, -0.2) is 15.7 Å². The molecule has 0 fully saturated rings. The Morgan fingerprint density at radius 3 is 2.72 bits per heavy atom. The Kier molecular flexibility index (Phi) is 4.06. The molecule has 0 aliphatic heterocycles. The molecule has 126 valence electrons. The van der Waals surface area contributed by atoms with Crippen LogP contribution in [-0.2, 0) is 6.42 Å². The number of H-pyrrole nitrogens is 1. The van der Waals surface area contributed by atoms with E-state index in [2.05, 4.69) is 83.3 Å². The highest BCUT2D eigenvalue weighted by Crippen LogP contribution is 2.35. The molecule has 4 aromatic rings. The molecule has 4 rings (SSSR count). The molecular weight excluding hydrogens is 326 g/mol. The topological polar surface area (TPSA) is 40.7 Å². The lowest BCUT2D eigenvalue weighted by Crippen LogP contribution is -2.33. The van der Waals surface area contributed by atoms with Gasteiger partial charge in [-0.25, -0.2) is 0 Å². The highest BCUT2D eigenvalue weighted by atomic mass is 32.1. The van der Waals surface area contributed by atoms with Crippen LogP contribution < -0.4 is 5.32 Å². The van der Waals surface area contributed by atoms with Gasteiger partial charge < -0.3 is 5.32 Å². The van der Waals surface area contributed by atoms with Gasteiger partial charge in [-0.15, -0.1) is 11.3 Å². The number of thiophene rings is 1. The van der Waals surface area contributed by atoms with Crippen molar-refractivity contribution in [3.63, 3.8) is 0 Å². The van der Waals surface area contributed by atoms with Gasteiger partial charge in [0.05, 0.1) is 10.6 Å². The van der Waals surface area contributed by atoms with Gasteiger partial charge in [0.15, 0.2) is 0 Å². The van der Waals surface area contributed by atoms with Crippen LogP contribution in [0.15, 0.2) is 66.2 Å². The maximum atomic E-state index is 4.32. The Morgan fingerprint density at radius 1 is 1.04 bits per heavy atom. The summed E-state index contributed by atoms with van der Waals surface area (Å²) < 4.78 is 0. The SMILES string of the molecule is CC(C)(Cc1cccc2ccccc12)Nc1ccsc1-c1cc[nH]n1. The van der Waals surface area contributed by atoms with Crippen molar-refractivity contribution in [1.29, 1.82) is 0 Å². The van der Waals surface area contributed by atoms with Gasteiger partial charge in [-0.05, 0) is 54.1 Å². The Bertz CT molecular complexity index is 978. The number of aromatic nitrogens is 2. The highest BCUT2D eigenvalue weighted by Gasteiger charge is 2.22. The van der Waals surface area contributed by atoms with Crippen molar-refractivity contribution >= 4 is 27.8 Å². The quantitative estimate of drug-likeness (QED) is 0.484. The fourth-order valence-corrected chi connectivity index (χ4v) is 4.14. The first kappa shape index (κ1) is 15.9. The minimum absolute atomic E-state index is 0.0732. The average Bonchev–Trinajstić information content (AvgIpc) is 3.25. The third kappa shape index (κ3) is 3.30. The van der Waals surface area contributed by atoms with Crippen molar-refractivity contribution in [3.05, 3.63) is 71.7 Å². The number of fused-ring (bicyclic) bond motifs is 1. The molecule has 0 radical (unpaired) electrons. The number of hydrogen-bond donors (Lipinski definition) is 2. The average molecular weight is 347 g/mol. The van der Waals surface area contributed by atoms with Crippen molar-refractivity contribution < 1.29 is 0 Å². The van der Waals surface area contributed by atoms with E-state index in [1.54, 1.807) is 11.3 Å². The number of hydrogen-bond acceptors (Lipinski definition) is 3. The summed E-state index contributed by atoms with van der Waals surface area (Å²) in [4.78, 5) is 1.17. The highest BCUT2D eigenvalue weighted by molar-refractivity contribution is 7.14. The first-order valence-corrected chi connectivity index (χ1v) is 9.33. The van der Waals surface area contributed by atoms with Gasteiger partial charge in [-0.1, -0.05) is 42.5 Å². The largest absolute Gasteiger partial charge is 0.379 e. The van der Waals surface area contributed by atoms with Gasteiger partial charge in [0.1, 0.15) is 5.69 Å².